The van der Waals surface area contributed by atoms with Crippen LogP contribution in [0.5, 0.6) is 0 Å². The van der Waals surface area contributed by atoms with Crippen LogP contribution < -0.4 is 0 Å². The zero-order valence-electron chi connectivity index (χ0n) is 17.5. The summed E-state index contributed by atoms with van der Waals surface area (Å²) in [5.41, 5.74) is 11.8. The first-order chi connectivity index (χ1) is 12.7. The molecule has 0 heterocycles. The number of hydrogen-bond donors (Lipinski definition) is 0. The summed E-state index contributed by atoms with van der Waals surface area (Å²) in [4.78, 5) is 0. The van der Waals surface area contributed by atoms with E-state index in [1.807, 2.05) is 0 Å². The van der Waals surface area contributed by atoms with Crippen LogP contribution in [0.15, 0.2) is 59.7 Å². The average molecular weight is 355 g/mol. The van der Waals surface area contributed by atoms with Crippen molar-refractivity contribution in [3.8, 4) is 0 Å². The minimum atomic E-state index is 0.131. The molecule has 0 aliphatic heterocycles. The highest BCUT2D eigenvalue weighted by atomic mass is 14.4. The Balaban J connectivity index is 1.81. The quantitative estimate of drug-likeness (QED) is 0.523. The lowest BCUT2D eigenvalue weighted by Crippen LogP contribution is -2.11. The van der Waals surface area contributed by atoms with Gasteiger partial charge in [0.1, 0.15) is 0 Å². The summed E-state index contributed by atoms with van der Waals surface area (Å²) in [6.45, 7) is 14.0. The van der Waals surface area contributed by atoms with E-state index in [0.29, 0.717) is 0 Å². The molecular formula is C27H30. The van der Waals surface area contributed by atoms with E-state index >= 15 is 0 Å². The first-order valence-electron chi connectivity index (χ1n) is 10.0. The minimum Gasteiger partial charge on any atom is -0.0619 e. The van der Waals surface area contributed by atoms with Crippen molar-refractivity contribution in [2.75, 3.05) is 0 Å². The topological polar surface area (TPSA) is 0 Å². The van der Waals surface area contributed by atoms with Gasteiger partial charge in [0.25, 0.3) is 0 Å². The third-order valence-electron chi connectivity index (χ3n) is 5.64. The Hall–Kier alpha value is -2.08. The number of rotatable bonds is 2. The monoisotopic (exact) mass is 354 g/mol. The van der Waals surface area contributed by atoms with Gasteiger partial charge in [-0.05, 0) is 50.7 Å². The lowest BCUT2D eigenvalue weighted by molar-refractivity contribution is 0.562. The van der Waals surface area contributed by atoms with Crippen LogP contribution in [0.25, 0.3) is 11.1 Å². The summed E-state index contributed by atoms with van der Waals surface area (Å²) in [5.74, 6) is 0. The van der Waals surface area contributed by atoms with E-state index in [1.165, 1.54) is 44.5 Å². The van der Waals surface area contributed by atoms with Crippen molar-refractivity contribution >= 4 is 11.1 Å². The zero-order valence-corrected chi connectivity index (χ0v) is 17.5. The maximum absolute atomic E-state index is 2.42. The summed E-state index contributed by atoms with van der Waals surface area (Å²) < 4.78 is 0. The Kier molecular flexibility index (Phi) is 4.22. The first kappa shape index (κ1) is 18.3. The van der Waals surface area contributed by atoms with Crippen molar-refractivity contribution in [3.05, 3.63) is 94.8 Å². The molecule has 0 aromatic heterocycles. The van der Waals surface area contributed by atoms with Crippen LogP contribution in [0.3, 0.4) is 0 Å². The van der Waals surface area contributed by atoms with Crippen LogP contribution in [0.4, 0.5) is 0 Å². The highest BCUT2D eigenvalue weighted by molar-refractivity contribution is 5.87. The van der Waals surface area contributed by atoms with Gasteiger partial charge >= 0.3 is 0 Å². The molecule has 4 rings (SSSR count). The second-order valence-electron chi connectivity index (χ2n) is 9.94. The molecule has 138 valence electrons. The van der Waals surface area contributed by atoms with Crippen molar-refractivity contribution in [2.45, 2.75) is 48.0 Å². The van der Waals surface area contributed by atoms with Crippen molar-refractivity contribution < 1.29 is 0 Å². The Morgan fingerprint density at radius 2 is 0.926 bits per heavy atom. The fourth-order valence-electron chi connectivity index (χ4n) is 4.82. The fraction of sp³-hybridized carbons (Fsp3) is 0.333. The van der Waals surface area contributed by atoms with E-state index in [4.69, 9.17) is 0 Å². The molecule has 0 amide bonds. The molecule has 0 bridgehead atoms. The lowest BCUT2D eigenvalue weighted by atomic mass is 9.78. The molecule has 0 saturated carbocycles. The van der Waals surface area contributed by atoms with Crippen LogP contribution in [-0.2, 0) is 0 Å². The van der Waals surface area contributed by atoms with E-state index in [0.717, 1.165) is 6.42 Å². The Bertz CT molecular complexity index is 873. The van der Waals surface area contributed by atoms with Gasteiger partial charge in [-0.2, -0.15) is 0 Å². The smallest absolute Gasteiger partial charge is 0.0170 e. The Morgan fingerprint density at radius 3 is 1.30 bits per heavy atom. The van der Waals surface area contributed by atoms with Crippen molar-refractivity contribution in [1.29, 1.82) is 0 Å². The highest BCUT2D eigenvalue weighted by Gasteiger charge is 2.34. The molecule has 0 N–H and O–H groups in total. The normalized spacial score (nSPS) is 16.8. The van der Waals surface area contributed by atoms with Gasteiger partial charge in [-0.25, -0.2) is 0 Å². The molecule has 0 unspecified atom stereocenters. The number of hydrogen-bond acceptors (Lipinski definition) is 0. The highest BCUT2D eigenvalue weighted by Crippen LogP contribution is 2.51. The van der Waals surface area contributed by atoms with Gasteiger partial charge < -0.3 is 0 Å². The number of benzene rings is 2. The van der Waals surface area contributed by atoms with Crippen LogP contribution in [0.1, 0.15) is 70.2 Å². The largest absolute Gasteiger partial charge is 0.0619 e. The maximum Gasteiger partial charge on any atom is 0.0170 e. The van der Waals surface area contributed by atoms with Gasteiger partial charge in [-0.1, -0.05) is 101 Å². The number of allylic oxidation sites excluding steroid dienone is 4. The van der Waals surface area contributed by atoms with E-state index in [1.54, 1.807) is 0 Å². The van der Waals surface area contributed by atoms with Crippen LogP contribution >= 0.6 is 0 Å². The van der Waals surface area contributed by atoms with Crippen LogP contribution in [-0.4, -0.2) is 0 Å². The van der Waals surface area contributed by atoms with Gasteiger partial charge in [0.15, 0.2) is 0 Å². The van der Waals surface area contributed by atoms with Crippen LogP contribution in [0, 0.1) is 23.7 Å². The molecule has 2 aliphatic carbocycles. The molecule has 0 fully saturated rings. The van der Waals surface area contributed by atoms with Crippen molar-refractivity contribution in [1.82, 2.24) is 0 Å². The molecule has 0 spiro atoms. The van der Waals surface area contributed by atoms with Gasteiger partial charge in [0.05, 0.1) is 0 Å². The second-order valence-corrected chi connectivity index (χ2v) is 9.94. The Labute approximate surface area is 165 Å². The van der Waals surface area contributed by atoms with Gasteiger partial charge in [0, 0.05) is 12.8 Å². The lowest BCUT2D eigenvalue weighted by Gasteiger charge is -2.26. The molecule has 2 aromatic carbocycles. The second kappa shape index (κ2) is 6.23. The van der Waals surface area contributed by atoms with Gasteiger partial charge in [-0.15, -0.1) is 0 Å². The third kappa shape index (κ3) is 3.20. The molecule has 2 aliphatic rings. The van der Waals surface area contributed by atoms with E-state index < -0.39 is 0 Å². The predicted molar refractivity (Wildman–Crippen MR) is 117 cm³/mol. The summed E-state index contributed by atoms with van der Waals surface area (Å²) in [6, 6.07) is 17.7. The molecule has 0 nitrogen and oxygen atoms in total. The maximum atomic E-state index is 2.42. The summed E-state index contributed by atoms with van der Waals surface area (Å²) in [5, 5.41) is 0. The summed E-state index contributed by atoms with van der Waals surface area (Å²) in [6.07, 6.45) is 5.84. The van der Waals surface area contributed by atoms with Gasteiger partial charge in [0.2, 0.25) is 0 Å². The average Bonchev–Trinajstić information content (AvgIpc) is 3.11. The predicted octanol–water partition coefficient (Wildman–Crippen LogP) is 7.51. The van der Waals surface area contributed by atoms with E-state index in [9.17, 15) is 0 Å². The first-order valence-corrected chi connectivity index (χ1v) is 10.0. The molecule has 0 heteroatoms. The molecular weight excluding hydrogens is 324 g/mol. The van der Waals surface area contributed by atoms with E-state index in [2.05, 4.69) is 103 Å². The van der Waals surface area contributed by atoms with Crippen molar-refractivity contribution in [2.24, 2.45) is 10.8 Å². The summed E-state index contributed by atoms with van der Waals surface area (Å²) in [7, 11) is 0. The minimum absolute atomic E-state index is 0.131. The third-order valence-corrected chi connectivity index (χ3v) is 5.64. The molecule has 2 aromatic rings. The summed E-state index contributed by atoms with van der Waals surface area (Å²) >= 11 is 0. The van der Waals surface area contributed by atoms with Crippen molar-refractivity contribution in [3.63, 3.8) is 0 Å². The van der Waals surface area contributed by atoms with Crippen LogP contribution in [0.2, 0.25) is 0 Å². The van der Waals surface area contributed by atoms with E-state index in [-0.39, 0.29) is 10.8 Å². The standard InChI is InChI=1S/C27H30/c1-26(2,3)24-20(15-18-11-7-9-13-22(18)24)17-21-16-19-12-8-10-14-23(19)25(21)27(4,5)6/h7-16H,17H2,1-6H3. The molecule has 0 saturated heterocycles. The van der Waals surface area contributed by atoms with Gasteiger partial charge in [-0.3, -0.25) is 0 Å². The Morgan fingerprint density at radius 1 is 0.556 bits per heavy atom. The fourth-order valence-corrected chi connectivity index (χ4v) is 4.82. The molecule has 27 heavy (non-hydrogen) atoms. The molecule has 0 atom stereocenters. The molecule has 2 radical (unpaired) electrons. The number of fused-ring (bicyclic) bond motifs is 2. The SMILES string of the molecule is CC(C)(C)C1=C(CC2=C(C(C)(C)C)c3ccccc3[CH]2)[CH]c2ccccc21. The zero-order chi connectivity index (χ0) is 19.4.